The van der Waals surface area contributed by atoms with E-state index in [-0.39, 0.29) is 11.5 Å². The highest BCUT2D eigenvalue weighted by Gasteiger charge is 2.41. The zero-order valence-corrected chi connectivity index (χ0v) is 7.16. The van der Waals surface area contributed by atoms with Crippen LogP contribution < -0.4 is 5.73 Å². The fraction of sp³-hybridized carbons (Fsp3) is 1.00. The van der Waals surface area contributed by atoms with Gasteiger partial charge < -0.3 is 10.8 Å². The molecule has 0 amide bonds. The molecule has 1 aliphatic rings. The summed E-state index contributed by atoms with van der Waals surface area (Å²) in [5, 5.41) is 9.08. The lowest BCUT2D eigenvalue weighted by Gasteiger charge is -2.44. The van der Waals surface area contributed by atoms with Crippen LogP contribution >= 0.6 is 11.8 Å². The van der Waals surface area contributed by atoms with Gasteiger partial charge in [-0.25, -0.2) is 0 Å². The largest absolute Gasteiger partial charge is 0.393 e. The second kappa shape index (κ2) is 3.11. The third-order valence-electron chi connectivity index (χ3n) is 2.22. The van der Waals surface area contributed by atoms with E-state index < -0.39 is 0 Å². The standard InChI is InChI=1S/C7H15NOS/c1-10-5-7(4-8)2-6(9)3-7/h6,9H,2-5,8H2,1H3. The number of hydrogen-bond acceptors (Lipinski definition) is 3. The predicted octanol–water partition coefficient (Wildman–Crippen LogP) is 0.449. The van der Waals surface area contributed by atoms with Crippen LogP contribution in [0.3, 0.4) is 0 Å². The van der Waals surface area contributed by atoms with Gasteiger partial charge >= 0.3 is 0 Å². The van der Waals surface area contributed by atoms with E-state index in [0.29, 0.717) is 0 Å². The van der Waals surface area contributed by atoms with Gasteiger partial charge in [-0.15, -0.1) is 0 Å². The van der Waals surface area contributed by atoms with Crippen LogP contribution in [0.5, 0.6) is 0 Å². The summed E-state index contributed by atoms with van der Waals surface area (Å²) in [7, 11) is 0. The molecule has 2 nitrogen and oxygen atoms in total. The maximum atomic E-state index is 9.08. The number of thioether (sulfide) groups is 1. The zero-order chi connectivity index (χ0) is 7.61. The molecule has 0 aromatic heterocycles. The maximum Gasteiger partial charge on any atom is 0.0552 e. The fourth-order valence-corrected chi connectivity index (χ4v) is 2.56. The first-order chi connectivity index (χ1) is 4.72. The normalized spacial score (nSPS) is 39.3. The molecule has 0 spiro atoms. The second-order valence-electron chi connectivity index (χ2n) is 3.20. The van der Waals surface area contributed by atoms with Crippen molar-refractivity contribution >= 4 is 11.8 Å². The van der Waals surface area contributed by atoms with Crippen molar-refractivity contribution in [1.29, 1.82) is 0 Å². The summed E-state index contributed by atoms with van der Waals surface area (Å²) in [4.78, 5) is 0. The summed E-state index contributed by atoms with van der Waals surface area (Å²) in [6.07, 6.45) is 3.83. The maximum absolute atomic E-state index is 9.08. The van der Waals surface area contributed by atoms with Crippen molar-refractivity contribution in [3.05, 3.63) is 0 Å². The topological polar surface area (TPSA) is 46.2 Å². The summed E-state index contributed by atoms with van der Waals surface area (Å²) < 4.78 is 0. The summed E-state index contributed by atoms with van der Waals surface area (Å²) in [5.74, 6) is 1.10. The molecule has 0 saturated heterocycles. The molecule has 0 heterocycles. The van der Waals surface area contributed by atoms with Crippen molar-refractivity contribution in [2.75, 3.05) is 18.6 Å². The third-order valence-corrected chi connectivity index (χ3v) is 3.12. The minimum absolute atomic E-state index is 0.0734. The SMILES string of the molecule is CSCC1(CN)CC(O)C1. The molecule has 3 heteroatoms. The summed E-state index contributed by atoms with van der Waals surface area (Å²) in [6, 6.07) is 0. The molecule has 0 unspecified atom stereocenters. The van der Waals surface area contributed by atoms with E-state index in [9.17, 15) is 0 Å². The van der Waals surface area contributed by atoms with Crippen LogP contribution in [-0.4, -0.2) is 29.8 Å². The fourth-order valence-electron chi connectivity index (χ4n) is 1.59. The van der Waals surface area contributed by atoms with Gasteiger partial charge in [-0.3, -0.25) is 0 Å². The van der Waals surface area contributed by atoms with Gasteiger partial charge in [0.1, 0.15) is 0 Å². The predicted molar refractivity (Wildman–Crippen MR) is 45.1 cm³/mol. The molecule has 0 radical (unpaired) electrons. The van der Waals surface area contributed by atoms with Crippen LogP contribution in [0.4, 0.5) is 0 Å². The van der Waals surface area contributed by atoms with Crippen molar-refractivity contribution < 1.29 is 5.11 Å². The van der Waals surface area contributed by atoms with Crippen LogP contribution in [0.25, 0.3) is 0 Å². The molecule has 1 fully saturated rings. The van der Waals surface area contributed by atoms with Crippen molar-refractivity contribution in [3.8, 4) is 0 Å². The third kappa shape index (κ3) is 1.47. The first kappa shape index (κ1) is 8.37. The molecule has 1 saturated carbocycles. The monoisotopic (exact) mass is 161 g/mol. The summed E-state index contributed by atoms with van der Waals surface area (Å²) in [5.41, 5.74) is 5.87. The first-order valence-corrected chi connectivity index (χ1v) is 4.99. The van der Waals surface area contributed by atoms with Gasteiger partial charge in [0, 0.05) is 5.75 Å². The van der Waals surface area contributed by atoms with Gasteiger partial charge in [0.25, 0.3) is 0 Å². The van der Waals surface area contributed by atoms with Gasteiger partial charge in [0.15, 0.2) is 0 Å². The lowest BCUT2D eigenvalue weighted by atomic mass is 9.68. The number of aliphatic hydroxyl groups excluding tert-OH is 1. The van der Waals surface area contributed by atoms with Crippen LogP contribution in [0.1, 0.15) is 12.8 Å². The Labute approximate surface area is 66.2 Å². The van der Waals surface area contributed by atoms with E-state index in [1.54, 1.807) is 0 Å². The van der Waals surface area contributed by atoms with Gasteiger partial charge in [-0.1, -0.05) is 0 Å². The van der Waals surface area contributed by atoms with Gasteiger partial charge in [-0.2, -0.15) is 11.8 Å². The molecule has 0 aromatic rings. The zero-order valence-electron chi connectivity index (χ0n) is 6.34. The molecule has 0 bridgehead atoms. The number of nitrogens with two attached hydrogens (primary N) is 1. The molecule has 1 aliphatic carbocycles. The molecule has 0 atom stereocenters. The van der Waals surface area contributed by atoms with E-state index in [2.05, 4.69) is 6.26 Å². The lowest BCUT2D eigenvalue weighted by Crippen LogP contribution is -2.47. The van der Waals surface area contributed by atoms with E-state index >= 15 is 0 Å². The Morgan fingerprint density at radius 3 is 2.60 bits per heavy atom. The number of rotatable bonds is 3. The molecule has 60 valence electrons. The smallest absolute Gasteiger partial charge is 0.0552 e. The number of hydrogen-bond donors (Lipinski definition) is 2. The van der Waals surface area contributed by atoms with Crippen molar-refractivity contribution in [2.45, 2.75) is 18.9 Å². The van der Waals surface area contributed by atoms with E-state index in [4.69, 9.17) is 10.8 Å². The molecule has 1 rings (SSSR count). The highest BCUT2D eigenvalue weighted by Crippen LogP contribution is 2.42. The molecule has 10 heavy (non-hydrogen) atoms. The molecular formula is C7H15NOS. The van der Waals surface area contributed by atoms with Crippen molar-refractivity contribution in [2.24, 2.45) is 11.1 Å². The van der Waals surface area contributed by atoms with Crippen molar-refractivity contribution in [1.82, 2.24) is 0 Å². The van der Waals surface area contributed by atoms with Crippen LogP contribution in [-0.2, 0) is 0 Å². The highest BCUT2D eigenvalue weighted by atomic mass is 32.2. The average molecular weight is 161 g/mol. The van der Waals surface area contributed by atoms with E-state index in [0.717, 1.165) is 25.1 Å². The van der Waals surface area contributed by atoms with Gasteiger partial charge in [0.2, 0.25) is 0 Å². The second-order valence-corrected chi connectivity index (χ2v) is 4.07. The Bertz CT molecular complexity index is 107. The van der Waals surface area contributed by atoms with Crippen LogP contribution in [0, 0.1) is 5.41 Å². The van der Waals surface area contributed by atoms with Crippen LogP contribution in [0.15, 0.2) is 0 Å². The summed E-state index contributed by atoms with van der Waals surface area (Å²) in [6.45, 7) is 0.727. The molecule has 0 aromatic carbocycles. The minimum Gasteiger partial charge on any atom is -0.393 e. The number of aliphatic hydroxyl groups is 1. The van der Waals surface area contributed by atoms with Crippen LogP contribution in [0.2, 0.25) is 0 Å². The lowest BCUT2D eigenvalue weighted by molar-refractivity contribution is -0.0110. The Morgan fingerprint density at radius 2 is 2.30 bits per heavy atom. The van der Waals surface area contributed by atoms with Gasteiger partial charge in [0.05, 0.1) is 6.10 Å². The average Bonchev–Trinajstić information content (AvgIpc) is 1.84. The quantitative estimate of drug-likeness (QED) is 0.631. The highest BCUT2D eigenvalue weighted by molar-refractivity contribution is 7.98. The minimum atomic E-state index is -0.0734. The van der Waals surface area contributed by atoms with E-state index in [1.165, 1.54) is 0 Å². The van der Waals surface area contributed by atoms with Gasteiger partial charge in [-0.05, 0) is 31.1 Å². The molecule has 3 N–H and O–H groups in total. The first-order valence-electron chi connectivity index (χ1n) is 3.59. The van der Waals surface area contributed by atoms with E-state index in [1.807, 2.05) is 11.8 Å². The Kier molecular flexibility index (Phi) is 2.61. The summed E-state index contributed by atoms with van der Waals surface area (Å²) >= 11 is 1.82. The Morgan fingerprint density at radius 1 is 1.70 bits per heavy atom. The molecular weight excluding hydrogens is 146 g/mol. The van der Waals surface area contributed by atoms with Crippen molar-refractivity contribution in [3.63, 3.8) is 0 Å². The Hall–Kier alpha value is 0.270. The molecule has 0 aliphatic heterocycles. The Balaban J connectivity index is 2.32.